The average Bonchev–Trinajstić information content (AvgIpc) is 3.17. The van der Waals surface area contributed by atoms with Crippen molar-refractivity contribution in [3.63, 3.8) is 0 Å². The topological polar surface area (TPSA) is 100 Å². The highest BCUT2D eigenvalue weighted by Crippen LogP contribution is 2.37. The minimum atomic E-state index is -4.57. The monoisotopic (exact) mass is 473 g/mol. The smallest absolute Gasteiger partial charge is 0.417 e. The molecule has 1 unspecified atom stereocenters. The van der Waals surface area contributed by atoms with Gasteiger partial charge in [-0.25, -0.2) is 0 Å². The summed E-state index contributed by atoms with van der Waals surface area (Å²) < 4.78 is 45.4. The summed E-state index contributed by atoms with van der Waals surface area (Å²) in [6, 6.07) is 11.0. The van der Waals surface area contributed by atoms with Crippen LogP contribution in [0.4, 0.5) is 13.2 Å². The van der Waals surface area contributed by atoms with Gasteiger partial charge in [0.1, 0.15) is 6.61 Å². The van der Waals surface area contributed by atoms with E-state index >= 15 is 0 Å². The molecule has 0 radical (unpaired) electrons. The predicted molar refractivity (Wildman–Crippen MR) is 119 cm³/mol. The number of amides is 1. The number of aromatic nitrogens is 1. The quantitative estimate of drug-likeness (QED) is 0.478. The van der Waals surface area contributed by atoms with Crippen molar-refractivity contribution in [3.05, 3.63) is 70.0 Å². The molecule has 3 N–H and O–H groups in total. The number of fused-ring (bicyclic) bond motifs is 1. The summed E-state index contributed by atoms with van der Waals surface area (Å²) in [4.78, 5) is 39.3. The first-order valence-electron chi connectivity index (χ1n) is 10.6. The third-order valence-electron chi connectivity index (χ3n) is 5.74. The Bertz CT molecular complexity index is 1300. The summed E-state index contributed by atoms with van der Waals surface area (Å²) >= 11 is 0. The van der Waals surface area contributed by atoms with Crippen molar-refractivity contribution in [2.24, 2.45) is 0 Å². The molecule has 2 atom stereocenters. The molecular formula is C24H22F3N3O4. The van der Waals surface area contributed by atoms with Gasteiger partial charge in [0.15, 0.2) is 0 Å². The van der Waals surface area contributed by atoms with E-state index in [0.717, 1.165) is 6.07 Å². The van der Waals surface area contributed by atoms with Gasteiger partial charge in [-0.3, -0.25) is 14.4 Å². The molecule has 34 heavy (non-hydrogen) atoms. The van der Waals surface area contributed by atoms with Gasteiger partial charge in [0.05, 0.1) is 24.1 Å². The molecule has 1 amide bonds. The maximum Gasteiger partial charge on any atom is 0.417 e. The van der Waals surface area contributed by atoms with Crippen molar-refractivity contribution in [1.29, 1.82) is 0 Å². The van der Waals surface area contributed by atoms with E-state index in [2.05, 4.69) is 15.6 Å². The molecule has 1 aliphatic rings. The summed E-state index contributed by atoms with van der Waals surface area (Å²) in [5, 5.41) is 6.19. The summed E-state index contributed by atoms with van der Waals surface area (Å²) in [5.74, 6) is -1.22. The van der Waals surface area contributed by atoms with Gasteiger partial charge in [-0.1, -0.05) is 30.3 Å². The Balaban J connectivity index is 1.61. The van der Waals surface area contributed by atoms with Gasteiger partial charge < -0.3 is 20.4 Å². The number of nitrogens with one attached hydrogen (secondary N) is 3. The molecule has 178 valence electrons. The van der Waals surface area contributed by atoms with E-state index < -0.39 is 29.2 Å². The van der Waals surface area contributed by atoms with Crippen LogP contribution in [0.3, 0.4) is 0 Å². The van der Waals surface area contributed by atoms with Crippen molar-refractivity contribution in [2.45, 2.75) is 24.6 Å². The highest BCUT2D eigenvalue weighted by atomic mass is 19.4. The zero-order valence-corrected chi connectivity index (χ0v) is 18.2. The fourth-order valence-corrected chi connectivity index (χ4v) is 4.14. The second-order valence-corrected chi connectivity index (χ2v) is 8.11. The number of carbonyl (C=O) groups is 2. The number of pyridine rings is 1. The molecule has 7 nitrogen and oxygen atoms in total. The van der Waals surface area contributed by atoms with Crippen LogP contribution < -0.4 is 16.2 Å². The predicted octanol–water partition coefficient (Wildman–Crippen LogP) is 2.95. The zero-order chi connectivity index (χ0) is 24.5. The lowest BCUT2D eigenvalue weighted by atomic mass is 9.93. The number of halogens is 3. The molecule has 2 aromatic carbocycles. The number of hydrogen-bond acceptors (Lipinski definition) is 5. The van der Waals surface area contributed by atoms with Crippen LogP contribution in [0.1, 0.15) is 23.5 Å². The van der Waals surface area contributed by atoms with E-state index in [1.165, 1.54) is 24.3 Å². The molecule has 2 heterocycles. The number of aromatic amines is 1. The molecule has 3 aromatic rings. The number of hydrogen-bond donors (Lipinski definition) is 3. The van der Waals surface area contributed by atoms with Gasteiger partial charge >= 0.3 is 12.1 Å². The van der Waals surface area contributed by atoms with E-state index in [-0.39, 0.29) is 41.7 Å². The molecule has 10 heteroatoms. The van der Waals surface area contributed by atoms with Crippen molar-refractivity contribution in [3.8, 4) is 11.3 Å². The van der Waals surface area contributed by atoms with Gasteiger partial charge in [0.25, 0.3) is 5.56 Å². The second-order valence-electron chi connectivity index (χ2n) is 8.11. The molecule has 0 saturated carbocycles. The third kappa shape index (κ3) is 4.81. The third-order valence-corrected chi connectivity index (χ3v) is 5.74. The number of ether oxygens (including phenoxy) is 1. The highest BCUT2D eigenvalue weighted by Gasteiger charge is 2.35. The van der Waals surface area contributed by atoms with E-state index in [1.54, 1.807) is 25.2 Å². The first kappa shape index (κ1) is 23.5. The highest BCUT2D eigenvalue weighted by molar-refractivity contribution is 5.90. The Morgan fingerprint density at radius 2 is 1.91 bits per heavy atom. The van der Waals surface area contributed by atoms with Crippen LogP contribution >= 0.6 is 0 Å². The summed E-state index contributed by atoms with van der Waals surface area (Å²) in [6.07, 6.45) is -4.19. The van der Waals surface area contributed by atoms with Gasteiger partial charge in [-0.15, -0.1) is 0 Å². The maximum absolute atomic E-state index is 13.4. The summed E-state index contributed by atoms with van der Waals surface area (Å²) in [7, 11) is 1.62. The number of benzene rings is 2. The first-order valence-corrected chi connectivity index (χ1v) is 10.6. The van der Waals surface area contributed by atoms with Crippen molar-refractivity contribution >= 4 is 22.6 Å². The number of H-pyrrole nitrogens is 1. The molecule has 1 saturated heterocycles. The van der Waals surface area contributed by atoms with Gasteiger partial charge in [0, 0.05) is 16.6 Å². The van der Waals surface area contributed by atoms with Crippen molar-refractivity contribution in [1.82, 2.24) is 15.6 Å². The van der Waals surface area contributed by atoms with Gasteiger partial charge in [-0.05, 0) is 42.6 Å². The fourth-order valence-electron chi connectivity index (χ4n) is 4.14. The number of rotatable bonds is 6. The Morgan fingerprint density at radius 3 is 2.65 bits per heavy atom. The van der Waals surface area contributed by atoms with Gasteiger partial charge in [0.2, 0.25) is 5.91 Å². The Hall–Kier alpha value is -3.66. The summed E-state index contributed by atoms with van der Waals surface area (Å²) in [5.41, 5.74) is -0.861. The van der Waals surface area contributed by atoms with Crippen LogP contribution in [0.2, 0.25) is 0 Å². The molecular weight excluding hydrogens is 451 g/mol. The molecule has 1 aliphatic heterocycles. The number of esters is 1. The molecule has 1 fully saturated rings. The van der Waals surface area contributed by atoms with Crippen LogP contribution in [0.15, 0.2) is 53.3 Å². The zero-order valence-electron chi connectivity index (χ0n) is 18.2. The van der Waals surface area contributed by atoms with E-state index in [1.807, 2.05) is 0 Å². The fraction of sp³-hybridized carbons (Fsp3) is 0.292. The molecule has 0 spiro atoms. The Kier molecular flexibility index (Phi) is 6.43. The second kappa shape index (κ2) is 9.30. The standard InChI is InChI=1S/C24H22F3N3O4/c1-28-11-21(31)34-12-15-10-18(22(32)29-15)13-6-7-14-9-20(30-23(33)17(14)8-13)16-4-2-3-5-19(16)24(25,26)27/h2-9,15,18,28H,10-12H2,1H3,(H,29,32)(H,30,33)/t15?,18-/m0/s1. The SMILES string of the molecule is CNCC(=O)OCC1C[C@@H](c2ccc3cc(-c4ccccc4C(F)(F)F)[nH]c(=O)c3c2)C(=O)N1. The Labute approximate surface area is 192 Å². The lowest BCUT2D eigenvalue weighted by Gasteiger charge is -2.14. The van der Waals surface area contributed by atoms with Crippen LogP contribution in [0, 0.1) is 0 Å². The van der Waals surface area contributed by atoms with E-state index in [0.29, 0.717) is 17.4 Å². The first-order chi connectivity index (χ1) is 16.2. The number of carbonyl (C=O) groups excluding carboxylic acids is 2. The van der Waals surface area contributed by atoms with Crippen LogP contribution in [0.5, 0.6) is 0 Å². The molecule has 0 bridgehead atoms. The minimum absolute atomic E-state index is 0.0406. The van der Waals surface area contributed by atoms with E-state index in [4.69, 9.17) is 4.74 Å². The van der Waals surface area contributed by atoms with Crippen molar-refractivity contribution < 1.29 is 27.5 Å². The van der Waals surface area contributed by atoms with Gasteiger partial charge in [-0.2, -0.15) is 13.2 Å². The molecule has 0 aliphatic carbocycles. The number of alkyl halides is 3. The number of likely N-dealkylation sites (N-methyl/N-ethyl adjacent to an activating group) is 1. The van der Waals surface area contributed by atoms with Crippen LogP contribution in [-0.2, 0) is 20.5 Å². The summed E-state index contributed by atoms with van der Waals surface area (Å²) in [6.45, 7) is 0.103. The largest absolute Gasteiger partial charge is 0.463 e. The molecule has 4 rings (SSSR count). The maximum atomic E-state index is 13.4. The van der Waals surface area contributed by atoms with Crippen LogP contribution in [0.25, 0.3) is 22.0 Å². The van der Waals surface area contributed by atoms with Crippen molar-refractivity contribution in [2.75, 3.05) is 20.2 Å². The van der Waals surface area contributed by atoms with E-state index in [9.17, 15) is 27.6 Å². The average molecular weight is 473 g/mol. The molecule has 1 aromatic heterocycles. The Morgan fingerprint density at radius 1 is 1.15 bits per heavy atom. The van der Waals surface area contributed by atoms with Crippen LogP contribution in [-0.4, -0.2) is 43.1 Å². The lowest BCUT2D eigenvalue weighted by Crippen LogP contribution is -2.32. The minimum Gasteiger partial charge on any atom is -0.463 e. The normalized spacial score (nSPS) is 18.2. The lowest BCUT2D eigenvalue weighted by molar-refractivity contribution is -0.143.